The van der Waals surface area contributed by atoms with E-state index in [1.54, 1.807) is 0 Å². The predicted molar refractivity (Wildman–Crippen MR) is 133 cm³/mol. The van der Waals surface area contributed by atoms with Gasteiger partial charge in [-0.25, -0.2) is 4.79 Å². The Bertz CT molecular complexity index is 909. The smallest absolute Gasteiger partial charge is 0.408 e. The fourth-order valence-electron chi connectivity index (χ4n) is 4.98. The average Bonchev–Trinajstić information content (AvgIpc) is 3.40. The number of ether oxygens (including phenoxy) is 1. The number of hydrogen-bond acceptors (Lipinski definition) is 5. The van der Waals surface area contributed by atoms with Crippen molar-refractivity contribution in [3.8, 4) is 0 Å². The van der Waals surface area contributed by atoms with Gasteiger partial charge in [-0.15, -0.1) is 0 Å². The molecule has 9 heteroatoms. The van der Waals surface area contributed by atoms with E-state index in [0.29, 0.717) is 30.7 Å². The van der Waals surface area contributed by atoms with Crippen molar-refractivity contribution in [1.82, 2.24) is 16.0 Å². The Morgan fingerprint density at radius 3 is 2.69 bits per heavy atom. The molecule has 5 unspecified atom stereocenters. The number of carbonyl (C=O) groups is 4. The number of benzene rings is 1. The van der Waals surface area contributed by atoms with Gasteiger partial charge in [0.25, 0.3) is 0 Å². The van der Waals surface area contributed by atoms with Gasteiger partial charge in [-0.3, -0.25) is 9.59 Å². The molecule has 0 spiro atoms. The summed E-state index contributed by atoms with van der Waals surface area (Å²) >= 11 is 6.11. The Morgan fingerprint density at radius 1 is 1.23 bits per heavy atom. The first-order chi connectivity index (χ1) is 16.7. The van der Waals surface area contributed by atoms with Crippen molar-refractivity contribution in [2.24, 2.45) is 17.8 Å². The van der Waals surface area contributed by atoms with Gasteiger partial charge in [0.15, 0.2) is 0 Å². The number of carbonyl (C=O) groups excluding carboxylic acids is 4. The molecule has 1 heterocycles. The molecule has 1 aliphatic heterocycles. The van der Waals surface area contributed by atoms with Crippen LogP contribution in [0.25, 0.3) is 0 Å². The van der Waals surface area contributed by atoms with Crippen LogP contribution in [0.4, 0.5) is 4.79 Å². The highest BCUT2D eigenvalue weighted by molar-refractivity contribution is 6.30. The molecule has 0 radical (unpaired) electrons. The van der Waals surface area contributed by atoms with Crippen LogP contribution >= 0.6 is 11.6 Å². The molecule has 0 aromatic heterocycles. The van der Waals surface area contributed by atoms with E-state index in [2.05, 4.69) is 16.0 Å². The van der Waals surface area contributed by atoms with Crippen molar-refractivity contribution in [3.05, 3.63) is 34.9 Å². The van der Waals surface area contributed by atoms with Crippen molar-refractivity contribution < 1.29 is 23.9 Å². The van der Waals surface area contributed by atoms with E-state index < -0.39 is 24.1 Å². The molecule has 2 fully saturated rings. The number of aldehydes is 1. The molecule has 3 N–H and O–H groups in total. The van der Waals surface area contributed by atoms with Crippen molar-refractivity contribution in [3.63, 3.8) is 0 Å². The van der Waals surface area contributed by atoms with Gasteiger partial charge in [0.1, 0.15) is 18.4 Å². The molecule has 1 saturated heterocycles. The summed E-state index contributed by atoms with van der Waals surface area (Å²) in [6.45, 7) is 4.47. The Hall–Kier alpha value is -2.61. The van der Waals surface area contributed by atoms with Gasteiger partial charge >= 0.3 is 6.09 Å². The second-order valence-corrected chi connectivity index (χ2v) is 10.5. The third-order valence-corrected chi connectivity index (χ3v) is 6.98. The van der Waals surface area contributed by atoms with Crippen LogP contribution in [0, 0.1) is 17.8 Å². The van der Waals surface area contributed by atoms with Crippen LogP contribution in [0.15, 0.2) is 24.3 Å². The molecule has 3 rings (SSSR count). The number of nitrogens with one attached hydrogen (secondary N) is 3. The van der Waals surface area contributed by atoms with Gasteiger partial charge < -0.3 is 25.5 Å². The maximum absolute atomic E-state index is 13.0. The molecule has 5 atom stereocenters. The largest absolute Gasteiger partial charge is 0.446 e. The van der Waals surface area contributed by atoms with Crippen molar-refractivity contribution in [2.75, 3.05) is 6.54 Å². The van der Waals surface area contributed by atoms with E-state index >= 15 is 0 Å². The molecule has 192 valence electrons. The average molecular weight is 506 g/mol. The zero-order valence-corrected chi connectivity index (χ0v) is 21.2. The molecule has 1 saturated carbocycles. The number of amides is 3. The Morgan fingerprint density at radius 2 is 2.03 bits per heavy atom. The van der Waals surface area contributed by atoms with Crippen LogP contribution in [-0.4, -0.2) is 48.9 Å². The third kappa shape index (κ3) is 8.23. The van der Waals surface area contributed by atoms with Crippen LogP contribution in [0.1, 0.15) is 57.9 Å². The summed E-state index contributed by atoms with van der Waals surface area (Å²) in [5, 5.41) is 8.82. The molecule has 0 bridgehead atoms. The SMILES string of the molecule is CC(C)CC(NC(=O)OC1CCCC1Cc1cccc(Cl)c1)C(=O)NC(C=O)CC1CCNC1=O. The fraction of sp³-hybridized carbons (Fsp3) is 0.615. The van der Waals surface area contributed by atoms with Gasteiger partial charge in [0, 0.05) is 23.4 Å². The Balaban J connectivity index is 1.56. The first-order valence-corrected chi connectivity index (χ1v) is 12.9. The topological polar surface area (TPSA) is 114 Å². The summed E-state index contributed by atoms with van der Waals surface area (Å²) in [6.07, 6.45) is 4.52. The Kier molecular flexibility index (Phi) is 9.95. The molecule has 3 amide bonds. The summed E-state index contributed by atoms with van der Waals surface area (Å²) in [6, 6.07) is 6.06. The van der Waals surface area contributed by atoms with Crippen LogP contribution in [-0.2, 0) is 25.5 Å². The van der Waals surface area contributed by atoms with Crippen LogP contribution in [0.5, 0.6) is 0 Å². The minimum Gasteiger partial charge on any atom is -0.446 e. The number of hydrogen-bond donors (Lipinski definition) is 3. The molecular weight excluding hydrogens is 470 g/mol. The molecule has 1 aromatic rings. The van der Waals surface area contributed by atoms with Gasteiger partial charge in [0.2, 0.25) is 11.8 Å². The molecule has 2 aliphatic rings. The van der Waals surface area contributed by atoms with Gasteiger partial charge in [-0.1, -0.05) is 37.6 Å². The second-order valence-electron chi connectivity index (χ2n) is 10.1. The lowest BCUT2D eigenvalue weighted by atomic mass is 9.96. The minimum absolute atomic E-state index is 0.101. The number of alkyl carbamates (subject to hydrolysis) is 1. The zero-order chi connectivity index (χ0) is 25.4. The van der Waals surface area contributed by atoms with E-state index in [1.807, 2.05) is 38.1 Å². The monoisotopic (exact) mass is 505 g/mol. The van der Waals surface area contributed by atoms with Crippen molar-refractivity contribution in [2.45, 2.75) is 77.0 Å². The number of halogens is 1. The lowest BCUT2D eigenvalue weighted by Gasteiger charge is -2.25. The van der Waals surface area contributed by atoms with Gasteiger partial charge in [-0.2, -0.15) is 0 Å². The van der Waals surface area contributed by atoms with Crippen LogP contribution in [0.3, 0.4) is 0 Å². The maximum atomic E-state index is 13.0. The van der Waals surface area contributed by atoms with Crippen molar-refractivity contribution >= 4 is 35.8 Å². The van der Waals surface area contributed by atoms with E-state index in [-0.39, 0.29) is 36.2 Å². The summed E-state index contributed by atoms with van der Waals surface area (Å²) in [5.41, 5.74) is 1.10. The summed E-state index contributed by atoms with van der Waals surface area (Å²) in [7, 11) is 0. The summed E-state index contributed by atoms with van der Waals surface area (Å²) < 4.78 is 5.76. The van der Waals surface area contributed by atoms with Crippen molar-refractivity contribution in [1.29, 1.82) is 0 Å². The van der Waals surface area contributed by atoms with Crippen LogP contribution < -0.4 is 16.0 Å². The first kappa shape index (κ1) is 27.0. The molecule has 8 nitrogen and oxygen atoms in total. The zero-order valence-electron chi connectivity index (χ0n) is 20.4. The van der Waals surface area contributed by atoms with E-state index in [0.717, 1.165) is 31.2 Å². The second kappa shape index (κ2) is 12.9. The Labute approximate surface area is 211 Å². The van der Waals surface area contributed by atoms with E-state index in [4.69, 9.17) is 16.3 Å². The molecule has 1 aromatic carbocycles. The predicted octanol–water partition coefficient (Wildman–Crippen LogP) is 3.40. The van der Waals surface area contributed by atoms with Crippen LogP contribution in [0.2, 0.25) is 5.02 Å². The maximum Gasteiger partial charge on any atom is 0.408 e. The molecular formula is C26H36ClN3O5. The fourth-order valence-corrected chi connectivity index (χ4v) is 5.20. The summed E-state index contributed by atoms with van der Waals surface area (Å²) in [5.74, 6) is -0.536. The van der Waals surface area contributed by atoms with Gasteiger partial charge in [0.05, 0.1) is 6.04 Å². The highest BCUT2D eigenvalue weighted by atomic mass is 35.5. The summed E-state index contributed by atoms with van der Waals surface area (Å²) in [4.78, 5) is 49.1. The highest BCUT2D eigenvalue weighted by Gasteiger charge is 2.33. The van der Waals surface area contributed by atoms with E-state index in [9.17, 15) is 19.2 Å². The third-order valence-electron chi connectivity index (χ3n) is 6.74. The minimum atomic E-state index is -0.838. The number of rotatable bonds is 11. The van der Waals surface area contributed by atoms with Gasteiger partial charge in [-0.05, 0) is 68.6 Å². The molecule has 35 heavy (non-hydrogen) atoms. The highest BCUT2D eigenvalue weighted by Crippen LogP contribution is 2.32. The first-order valence-electron chi connectivity index (χ1n) is 12.5. The lowest BCUT2D eigenvalue weighted by Crippen LogP contribution is -2.51. The van der Waals surface area contributed by atoms with E-state index in [1.165, 1.54) is 0 Å². The quantitative estimate of drug-likeness (QED) is 0.399. The lowest BCUT2D eigenvalue weighted by molar-refractivity contribution is -0.127. The molecule has 1 aliphatic carbocycles. The standard InChI is InChI=1S/C26H36ClN3O5/c1-16(2)11-22(25(33)29-21(15-31)14-19-9-10-28-24(19)32)30-26(34)35-23-8-4-6-18(23)12-17-5-3-7-20(27)13-17/h3,5,7,13,15-16,18-19,21-23H,4,6,8-12,14H2,1-2H3,(H,28,32)(H,29,33)(H,30,34). The normalized spacial score (nSPS) is 23.4.